The lowest BCUT2D eigenvalue weighted by atomic mass is 9.85. The van der Waals surface area contributed by atoms with Crippen molar-refractivity contribution >= 4 is 23.6 Å². The molecule has 0 unspecified atom stereocenters. The van der Waals surface area contributed by atoms with Crippen molar-refractivity contribution in [1.29, 1.82) is 0 Å². The number of thioether (sulfide) groups is 1. The van der Waals surface area contributed by atoms with Gasteiger partial charge < -0.3 is 15.5 Å². The molecule has 29 heavy (non-hydrogen) atoms. The third-order valence-electron chi connectivity index (χ3n) is 5.87. The van der Waals surface area contributed by atoms with E-state index in [0.29, 0.717) is 11.9 Å². The van der Waals surface area contributed by atoms with E-state index in [-0.39, 0.29) is 5.92 Å². The van der Waals surface area contributed by atoms with Gasteiger partial charge >= 0.3 is 0 Å². The molecule has 2 aliphatic rings. The topological polar surface area (TPSA) is 69.6 Å². The molecule has 1 aliphatic heterocycles. The van der Waals surface area contributed by atoms with Crippen LogP contribution in [0.3, 0.4) is 0 Å². The molecule has 1 amide bonds. The van der Waals surface area contributed by atoms with E-state index in [9.17, 15) is 4.79 Å². The van der Waals surface area contributed by atoms with Crippen molar-refractivity contribution < 1.29 is 4.79 Å². The molecule has 2 fully saturated rings. The van der Waals surface area contributed by atoms with E-state index >= 15 is 0 Å². The van der Waals surface area contributed by atoms with Gasteiger partial charge in [0.25, 0.3) is 0 Å². The smallest absolute Gasteiger partial charge is 0.225 e. The molecule has 0 radical (unpaired) electrons. The van der Waals surface area contributed by atoms with Crippen molar-refractivity contribution in [2.24, 2.45) is 10.9 Å². The number of guanidine groups is 1. The average Bonchev–Trinajstić information content (AvgIpc) is 2.76. The second-order valence-corrected chi connectivity index (χ2v) is 9.17. The van der Waals surface area contributed by atoms with Crippen molar-refractivity contribution in [2.45, 2.75) is 52.0 Å². The zero-order valence-electron chi connectivity index (χ0n) is 17.8. The van der Waals surface area contributed by atoms with Gasteiger partial charge in [0.15, 0.2) is 5.96 Å². The fourth-order valence-electron chi connectivity index (χ4n) is 4.11. The zero-order valence-corrected chi connectivity index (χ0v) is 18.6. The monoisotopic (exact) mass is 417 g/mol. The molecule has 1 saturated carbocycles. The van der Waals surface area contributed by atoms with E-state index in [1.54, 1.807) is 0 Å². The Morgan fingerprint density at radius 1 is 1.28 bits per heavy atom. The summed E-state index contributed by atoms with van der Waals surface area (Å²) in [4.78, 5) is 23.8. The number of nitrogens with one attached hydrogen (secondary N) is 2. The number of rotatable bonds is 6. The number of pyridine rings is 1. The van der Waals surface area contributed by atoms with E-state index in [4.69, 9.17) is 4.99 Å². The van der Waals surface area contributed by atoms with Crippen LogP contribution in [0.2, 0.25) is 0 Å². The Morgan fingerprint density at radius 3 is 2.72 bits per heavy atom. The molecule has 6 nitrogen and oxygen atoms in total. The Kier molecular flexibility index (Phi) is 8.65. The number of carbonyl (C=O) groups is 1. The average molecular weight is 418 g/mol. The lowest BCUT2D eigenvalue weighted by Gasteiger charge is -2.34. The largest absolute Gasteiger partial charge is 0.357 e. The van der Waals surface area contributed by atoms with Crippen LogP contribution in [0, 0.1) is 12.8 Å². The first-order valence-electron chi connectivity index (χ1n) is 11.0. The molecular weight excluding hydrogens is 382 g/mol. The molecule has 1 aliphatic carbocycles. The molecule has 1 aromatic heterocycles. The van der Waals surface area contributed by atoms with E-state index in [1.807, 2.05) is 24.2 Å². The van der Waals surface area contributed by atoms with Crippen LogP contribution in [-0.4, -0.2) is 65.5 Å². The van der Waals surface area contributed by atoms with Gasteiger partial charge in [0.05, 0.1) is 0 Å². The molecule has 0 bridgehead atoms. The van der Waals surface area contributed by atoms with Crippen molar-refractivity contribution in [3.8, 4) is 0 Å². The maximum Gasteiger partial charge on any atom is 0.225 e. The van der Waals surface area contributed by atoms with Gasteiger partial charge in [-0.05, 0) is 63.1 Å². The normalized spacial score (nSPS) is 23.0. The van der Waals surface area contributed by atoms with Crippen LogP contribution in [-0.2, 0) is 11.2 Å². The first-order chi connectivity index (χ1) is 14.2. The number of nitrogens with zero attached hydrogens (tertiary/aromatic N) is 3. The first kappa shape index (κ1) is 21.9. The van der Waals surface area contributed by atoms with Crippen molar-refractivity contribution in [2.75, 3.05) is 37.7 Å². The summed E-state index contributed by atoms with van der Waals surface area (Å²) in [5.74, 6) is 3.67. The highest BCUT2D eigenvalue weighted by molar-refractivity contribution is 7.99. The Bertz CT molecular complexity index is 682. The van der Waals surface area contributed by atoms with Gasteiger partial charge in [0.1, 0.15) is 0 Å². The summed E-state index contributed by atoms with van der Waals surface area (Å²) in [6, 6.07) is 2.47. The van der Waals surface area contributed by atoms with Crippen molar-refractivity contribution in [1.82, 2.24) is 20.5 Å². The molecule has 2 heterocycles. The molecule has 7 heteroatoms. The molecule has 160 valence electrons. The number of hydrogen-bond donors (Lipinski definition) is 2. The zero-order chi connectivity index (χ0) is 20.5. The van der Waals surface area contributed by atoms with E-state index in [2.05, 4.69) is 40.4 Å². The Balaban J connectivity index is 1.46. The second kappa shape index (κ2) is 11.4. The molecular formula is C22H35N5OS. The Labute approximate surface area is 179 Å². The Hall–Kier alpha value is -1.76. The predicted octanol–water partition coefficient (Wildman–Crippen LogP) is 2.62. The van der Waals surface area contributed by atoms with Crippen LogP contribution >= 0.6 is 11.8 Å². The summed E-state index contributed by atoms with van der Waals surface area (Å²) in [6.07, 6.45) is 8.70. The SMILES string of the molecule is CCNC(=NCCc1ccncc1C)NC1CCC(C(=O)N2CCSCC2)CC1. The fourth-order valence-corrected chi connectivity index (χ4v) is 5.01. The highest BCUT2D eigenvalue weighted by Gasteiger charge is 2.30. The predicted molar refractivity (Wildman–Crippen MR) is 121 cm³/mol. The standard InChI is InChI=1S/C22H35N5OS/c1-3-24-22(25-11-9-18-8-10-23-16-17(18)2)26-20-6-4-19(5-7-20)21(28)27-12-14-29-15-13-27/h8,10,16,19-20H,3-7,9,11-15H2,1-2H3,(H2,24,25,26). The van der Waals surface area contributed by atoms with E-state index in [0.717, 1.165) is 75.7 Å². The molecule has 0 atom stereocenters. The number of carbonyl (C=O) groups excluding carboxylic acids is 1. The summed E-state index contributed by atoms with van der Waals surface area (Å²) in [5.41, 5.74) is 2.52. The maximum absolute atomic E-state index is 12.7. The summed E-state index contributed by atoms with van der Waals surface area (Å²) in [5, 5.41) is 6.96. The fraction of sp³-hybridized carbons (Fsp3) is 0.682. The van der Waals surface area contributed by atoms with Gasteiger partial charge in [-0.15, -0.1) is 0 Å². The number of aliphatic imine (C=N–C) groups is 1. The highest BCUT2D eigenvalue weighted by atomic mass is 32.2. The molecule has 2 N–H and O–H groups in total. The van der Waals surface area contributed by atoms with Crippen LogP contribution in [0.25, 0.3) is 0 Å². The third kappa shape index (κ3) is 6.63. The van der Waals surface area contributed by atoms with Gasteiger partial charge in [0.2, 0.25) is 5.91 Å². The maximum atomic E-state index is 12.7. The quantitative estimate of drug-likeness (QED) is 0.550. The van der Waals surface area contributed by atoms with E-state index < -0.39 is 0 Å². The second-order valence-electron chi connectivity index (χ2n) is 7.94. The number of hydrogen-bond acceptors (Lipinski definition) is 4. The van der Waals surface area contributed by atoms with Gasteiger partial charge in [-0.1, -0.05) is 0 Å². The summed E-state index contributed by atoms with van der Waals surface area (Å²) in [6.45, 7) is 7.64. The molecule has 0 aromatic carbocycles. The lowest BCUT2D eigenvalue weighted by molar-refractivity contribution is -0.136. The van der Waals surface area contributed by atoms with Gasteiger partial charge in [-0.3, -0.25) is 14.8 Å². The van der Waals surface area contributed by atoms with Gasteiger partial charge in [-0.2, -0.15) is 11.8 Å². The van der Waals surface area contributed by atoms with Crippen LogP contribution in [0.4, 0.5) is 0 Å². The van der Waals surface area contributed by atoms with E-state index in [1.165, 1.54) is 11.1 Å². The summed E-state index contributed by atoms with van der Waals surface area (Å²) >= 11 is 1.95. The third-order valence-corrected chi connectivity index (χ3v) is 6.81. The van der Waals surface area contributed by atoms with Crippen molar-refractivity contribution in [3.63, 3.8) is 0 Å². The minimum atomic E-state index is 0.213. The highest BCUT2D eigenvalue weighted by Crippen LogP contribution is 2.27. The molecule has 1 aromatic rings. The van der Waals surface area contributed by atoms with Crippen LogP contribution in [0.15, 0.2) is 23.5 Å². The minimum absolute atomic E-state index is 0.213. The molecule has 0 spiro atoms. The summed E-state index contributed by atoms with van der Waals surface area (Å²) < 4.78 is 0. The van der Waals surface area contributed by atoms with Crippen molar-refractivity contribution in [3.05, 3.63) is 29.6 Å². The van der Waals surface area contributed by atoms with Crippen LogP contribution < -0.4 is 10.6 Å². The van der Waals surface area contributed by atoms with Gasteiger partial charge in [0, 0.05) is 62.0 Å². The first-order valence-corrected chi connectivity index (χ1v) is 12.1. The van der Waals surface area contributed by atoms with Crippen LogP contribution in [0.5, 0.6) is 0 Å². The minimum Gasteiger partial charge on any atom is -0.357 e. The Morgan fingerprint density at radius 2 is 2.03 bits per heavy atom. The molecule has 1 saturated heterocycles. The molecule has 3 rings (SSSR count). The summed E-state index contributed by atoms with van der Waals surface area (Å²) in [7, 11) is 0. The number of aromatic nitrogens is 1. The number of amides is 1. The lowest BCUT2D eigenvalue weighted by Crippen LogP contribution is -2.47. The van der Waals surface area contributed by atoms with Gasteiger partial charge in [-0.25, -0.2) is 0 Å². The van der Waals surface area contributed by atoms with Crippen LogP contribution in [0.1, 0.15) is 43.7 Å². The number of aryl methyl sites for hydroxylation is 1.